The van der Waals surface area contributed by atoms with Crippen molar-refractivity contribution in [1.82, 2.24) is 29.7 Å². The van der Waals surface area contributed by atoms with Crippen LogP contribution in [0.1, 0.15) is 96.6 Å². The minimum absolute atomic E-state index is 0.0857. The van der Waals surface area contributed by atoms with Gasteiger partial charge in [0, 0.05) is 89.3 Å². The topological polar surface area (TPSA) is 155 Å². The van der Waals surface area contributed by atoms with Crippen molar-refractivity contribution in [1.29, 1.82) is 0 Å². The number of benzene rings is 8. The molecule has 0 unspecified atom stereocenters. The standard InChI is InChI=1S/2C32H34N2O3.C27H25ClN2O3S/c1-36-31-22-29(17-18-30(31)37-25-28-12-6-3-7-13-28)24-34(21-19-27-15-9-20-33-23-27)32(35)16-8-14-26-10-4-2-5-11-26;1-36-31-23-29(15-16-30(31)37-25-28-11-6-3-7-12-28)24-34(22-19-27-17-20-33-21-18-27)32(35)14-8-13-26-9-4-2-5-10-26;1-32-25-17-22(7-8-24(25)33-19-21-5-3-2-4-6-21)18-30(15-11-20-9-13-29-14-10-20)27(31)26-23(28)12-16-34-26/h2-7,9-13,15,17-18,20,22-23H,8,14,16,19,21,24-25H2,1H3;2-7,9-12,15-18,20-21,23H,8,13-14,19,22,24-25H2,1H3;2-10,12-14,16-17H,11,15,18-19H2,1H3. The summed E-state index contributed by atoms with van der Waals surface area (Å²) >= 11 is 7.63. The number of aryl methyl sites for hydroxylation is 2. The SMILES string of the molecule is COc1cc(CN(CCc2cccnc2)C(=O)CCCc2ccccc2)ccc1OCc1ccccc1.COc1cc(CN(CCc2ccncc2)C(=O)CCCc2ccccc2)ccc1OCc1ccccc1.COc1cc(CN(CCc2ccncc2)C(=O)c2sccc2Cl)ccc1OCc1ccccc1. The van der Waals surface area contributed by atoms with Crippen LogP contribution >= 0.6 is 22.9 Å². The van der Waals surface area contributed by atoms with Gasteiger partial charge in [0.15, 0.2) is 34.5 Å². The van der Waals surface area contributed by atoms with Crippen molar-refractivity contribution in [3.8, 4) is 34.5 Å². The highest BCUT2D eigenvalue weighted by molar-refractivity contribution is 7.12. The van der Waals surface area contributed by atoms with Crippen molar-refractivity contribution < 1.29 is 42.8 Å². The number of halogens is 1. The minimum Gasteiger partial charge on any atom is -0.493 e. The third kappa shape index (κ3) is 26.2. The second-order valence-electron chi connectivity index (χ2n) is 25.7. The van der Waals surface area contributed by atoms with Crippen LogP contribution in [-0.2, 0) is 81.1 Å². The predicted molar refractivity (Wildman–Crippen MR) is 429 cm³/mol. The van der Waals surface area contributed by atoms with Gasteiger partial charge in [-0.1, -0.05) is 188 Å². The van der Waals surface area contributed by atoms with Crippen LogP contribution in [0.15, 0.2) is 291 Å². The number of ether oxygens (including phenoxy) is 6. The van der Waals surface area contributed by atoms with Gasteiger partial charge in [0.05, 0.1) is 26.4 Å². The highest BCUT2D eigenvalue weighted by Gasteiger charge is 2.23. The number of carbonyl (C=O) groups excluding carboxylic acids is 3. The van der Waals surface area contributed by atoms with E-state index in [2.05, 4.69) is 39.2 Å². The van der Waals surface area contributed by atoms with Crippen LogP contribution in [0.25, 0.3) is 0 Å². The number of thiophene rings is 1. The smallest absolute Gasteiger partial charge is 0.265 e. The molecule has 0 bridgehead atoms. The maximum absolute atomic E-state index is 13.3. The lowest BCUT2D eigenvalue weighted by molar-refractivity contribution is -0.132. The van der Waals surface area contributed by atoms with E-state index in [-0.39, 0.29) is 17.7 Å². The molecule has 108 heavy (non-hydrogen) atoms. The molecule has 0 aliphatic carbocycles. The third-order valence-corrected chi connectivity index (χ3v) is 19.3. The Kier molecular flexibility index (Phi) is 32.0. The lowest BCUT2D eigenvalue weighted by atomic mass is 10.1. The Hall–Kier alpha value is -11.6. The quantitative estimate of drug-likeness (QED) is 0.0367. The van der Waals surface area contributed by atoms with E-state index in [1.54, 1.807) is 58.4 Å². The van der Waals surface area contributed by atoms with Gasteiger partial charge in [-0.3, -0.25) is 29.3 Å². The minimum atomic E-state index is -0.0857. The predicted octanol–water partition coefficient (Wildman–Crippen LogP) is 18.8. The summed E-state index contributed by atoms with van der Waals surface area (Å²) in [5.41, 5.74) is 12.1. The zero-order valence-electron chi connectivity index (χ0n) is 61.6. The normalized spacial score (nSPS) is 10.6. The summed E-state index contributed by atoms with van der Waals surface area (Å²) in [7, 11) is 4.90. The average Bonchev–Trinajstić information content (AvgIpc) is 1.77. The number of hydrogen-bond donors (Lipinski definition) is 0. The van der Waals surface area contributed by atoms with E-state index in [1.165, 1.54) is 28.0 Å². The molecule has 12 aromatic rings. The first-order valence-corrected chi connectivity index (χ1v) is 37.6. The van der Waals surface area contributed by atoms with Gasteiger partial charge in [-0.25, -0.2) is 0 Å². The number of carbonyl (C=O) groups is 3. The Balaban J connectivity index is 0.000000173. The third-order valence-electron chi connectivity index (χ3n) is 18.0. The van der Waals surface area contributed by atoms with Crippen LogP contribution < -0.4 is 28.4 Å². The zero-order valence-corrected chi connectivity index (χ0v) is 63.2. The molecule has 0 spiro atoms. The molecular weight excluding hydrogens is 1390 g/mol. The highest BCUT2D eigenvalue weighted by atomic mass is 35.5. The van der Waals surface area contributed by atoms with Crippen molar-refractivity contribution in [2.24, 2.45) is 0 Å². The van der Waals surface area contributed by atoms with E-state index in [9.17, 15) is 14.4 Å². The molecule has 15 nitrogen and oxygen atoms in total. The van der Waals surface area contributed by atoms with E-state index in [1.807, 2.05) is 245 Å². The highest BCUT2D eigenvalue weighted by Crippen LogP contribution is 2.34. The van der Waals surface area contributed by atoms with Gasteiger partial charge < -0.3 is 43.1 Å². The Morgan fingerprint density at radius 1 is 0.343 bits per heavy atom. The van der Waals surface area contributed by atoms with Crippen molar-refractivity contribution in [2.45, 2.75) is 97.2 Å². The van der Waals surface area contributed by atoms with Gasteiger partial charge in [-0.15, -0.1) is 11.3 Å². The van der Waals surface area contributed by atoms with Crippen LogP contribution in [0.5, 0.6) is 34.5 Å². The van der Waals surface area contributed by atoms with Crippen molar-refractivity contribution in [3.05, 3.63) is 362 Å². The number of rotatable bonds is 36. The molecule has 8 aromatic carbocycles. The summed E-state index contributed by atoms with van der Waals surface area (Å²) in [5.74, 6) is 4.22. The first-order chi connectivity index (χ1) is 53.1. The van der Waals surface area contributed by atoms with Gasteiger partial charge in [-0.2, -0.15) is 0 Å². The van der Waals surface area contributed by atoms with Crippen molar-refractivity contribution in [2.75, 3.05) is 41.0 Å². The molecule has 0 radical (unpaired) electrons. The van der Waals surface area contributed by atoms with Crippen molar-refractivity contribution >= 4 is 40.7 Å². The zero-order chi connectivity index (χ0) is 75.2. The largest absolute Gasteiger partial charge is 0.493 e. The van der Waals surface area contributed by atoms with Crippen LogP contribution in [-0.4, -0.2) is 88.3 Å². The Labute approximate surface area is 644 Å². The fourth-order valence-electron chi connectivity index (χ4n) is 12.0. The Bertz CT molecular complexity index is 4420. The fourth-order valence-corrected chi connectivity index (χ4v) is 13.1. The van der Waals surface area contributed by atoms with Gasteiger partial charge in [-0.05, 0) is 184 Å². The number of aromatic nitrogens is 3. The first kappa shape index (κ1) is 79.0. The van der Waals surface area contributed by atoms with Crippen LogP contribution in [0.4, 0.5) is 0 Å². The van der Waals surface area contributed by atoms with Gasteiger partial charge in [0.1, 0.15) is 24.7 Å². The second kappa shape index (κ2) is 43.8. The van der Waals surface area contributed by atoms with Gasteiger partial charge in [0.2, 0.25) is 11.8 Å². The molecule has 4 heterocycles. The molecule has 3 amide bonds. The number of nitrogens with zero attached hydrogens (tertiary/aromatic N) is 6. The first-order valence-electron chi connectivity index (χ1n) is 36.4. The molecule has 0 saturated carbocycles. The lowest BCUT2D eigenvalue weighted by Gasteiger charge is -2.24. The van der Waals surface area contributed by atoms with E-state index < -0.39 is 0 Å². The van der Waals surface area contributed by atoms with Crippen LogP contribution in [0, 0.1) is 0 Å². The Morgan fingerprint density at radius 2 is 0.685 bits per heavy atom. The lowest BCUT2D eigenvalue weighted by Crippen LogP contribution is -2.32. The molecule has 12 rings (SSSR count). The molecule has 0 N–H and O–H groups in total. The number of hydrogen-bond acceptors (Lipinski definition) is 13. The summed E-state index contributed by atoms with van der Waals surface area (Å²) in [4.78, 5) is 58.5. The second-order valence-corrected chi connectivity index (χ2v) is 27.1. The summed E-state index contributed by atoms with van der Waals surface area (Å²) in [5, 5.41) is 2.31. The molecule has 4 aromatic heterocycles. The summed E-state index contributed by atoms with van der Waals surface area (Å²) in [6.45, 7) is 4.66. The van der Waals surface area contributed by atoms with Gasteiger partial charge in [0.25, 0.3) is 5.91 Å². The van der Waals surface area contributed by atoms with E-state index in [0.717, 1.165) is 83.0 Å². The fraction of sp³-hybridized carbons (Fsp3) is 0.231. The summed E-state index contributed by atoms with van der Waals surface area (Å²) in [6, 6.07) is 81.9. The summed E-state index contributed by atoms with van der Waals surface area (Å²) < 4.78 is 34.8. The monoisotopic (exact) mass is 1480 g/mol. The number of pyridine rings is 3. The molecule has 17 heteroatoms. The molecule has 554 valence electrons. The molecule has 0 aliphatic rings. The van der Waals surface area contributed by atoms with Crippen LogP contribution in [0.3, 0.4) is 0 Å². The van der Waals surface area contributed by atoms with E-state index in [0.29, 0.717) is 123 Å². The molecular formula is C91H93ClN6O9S. The maximum Gasteiger partial charge on any atom is 0.265 e. The van der Waals surface area contributed by atoms with E-state index >= 15 is 0 Å². The van der Waals surface area contributed by atoms with Crippen molar-refractivity contribution in [3.63, 3.8) is 0 Å². The van der Waals surface area contributed by atoms with Gasteiger partial charge >= 0.3 is 0 Å². The maximum atomic E-state index is 13.3. The summed E-state index contributed by atoms with van der Waals surface area (Å²) in [6.07, 6.45) is 17.4. The number of methoxy groups -OCH3 is 3. The van der Waals surface area contributed by atoms with Crippen LogP contribution in [0.2, 0.25) is 5.02 Å². The molecule has 0 saturated heterocycles. The molecule has 0 fully saturated rings. The molecule has 0 atom stereocenters. The van der Waals surface area contributed by atoms with E-state index in [4.69, 9.17) is 40.0 Å². The number of amides is 3. The average molecular weight is 1480 g/mol. The molecule has 0 aliphatic heterocycles. The Morgan fingerprint density at radius 3 is 1.04 bits per heavy atom.